The van der Waals surface area contributed by atoms with E-state index in [0.717, 1.165) is 34.7 Å². The van der Waals surface area contributed by atoms with Gasteiger partial charge in [0.1, 0.15) is 36.2 Å². The number of nitrogens with one attached hydrogen (secondary N) is 1. The van der Waals surface area contributed by atoms with E-state index in [1.165, 1.54) is 52.4 Å². The summed E-state index contributed by atoms with van der Waals surface area (Å²) in [6, 6.07) is 15.4. The summed E-state index contributed by atoms with van der Waals surface area (Å²) in [5.41, 5.74) is -0.0937. The molecule has 0 radical (unpaired) electrons. The van der Waals surface area contributed by atoms with Crippen LogP contribution in [0.25, 0.3) is 11.3 Å². The summed E-state index contributed by atoms with van der Waals surface area (Å²) < 4.78 is 57.6. The van der Waals surface area contributed by atoms with Gasteiger partial charge in [-0.15, -0.1) is 28.4 Å². The lowest BCUT2D eigenvalue weighted by molar-refractivity contribution is -0.753. The zero-order valence-electron chi connectivity index (χ0n) is 29.4. The van der Waals surface area contributed by atoms with E-state index in [1.807, 2.05) is 0 Å². The maximum Gasteiger partial charge on any atom is 0.416 e. The SMILES string of the molecule is CNCC(=O)OCc1ccc(F)cc1N(C)C(=O)OC(C)[n+]1cnn(CC(O)(c2cc(F)ccc2F)C(C)c2nc(-c3ccc(C#N)cc3)cs2)c1.Cl.[Cl-]. The number of nitriles is 1. The number of amides is 1. The highest BCUT2D eigenvalue weighted by molar-refractivity contribution is 7.10. The quantitative estimate of drug-likeness (QED) is 0.136. The molecule has 286 valence electrons. The van der Waals surface area contributed by atoms with Gasteiger partial charge in [-0.2, -0.15) is 9.83 Å². The van der Waals surface area contributed by atoms with Gasteiger partial charge < -0.3 is 32.3 Å². The molecule has 0 saturated carbocycles. The van der Waals surface area contributed by atoms with E-state index >= 15 is 4.39 Å². The minimum Gasteiger partial charge on any atom is -1.00 e. The third-order valence-corrected chi connectivity index (χ3v) is 9.43. The topological polar surface area (TPSA) is 146 Å². The predicted molar refractivity (Wildman–Crippen MR) is 190 cm³/mol. The average molecular weight is 807 g/mol. The van der Waals surface area contributed by atoms with Gasteiger partial charge in [0, 0.05) is 47.1 Å². The van der Waals surface area contributed by atoms with Crippen LogP contribution in [0, 0.1) is 28.8 Å². The van der Waals surface area contributed by atoms with Crippen molar-refractivity contribution in [2.75, 3.05) is 25.5 Å². The molecule has 0 aliphatic heterocycles. The Morgan fingerprint density at radius 3 is 2.48 bits per heavy atom. The van der Waals surface area contributed by atoms with Crippen molar-refractivity contribution in [3.05, 3.63) is 118 Å². The molecule has 0 aliphatic carbocycles. The molecule has 5 aromatic rings. The lowest BCUT2D eigenvalue weighted by Gasteiger charge is -2.32. The molecule has 0 bridgehead atoms. The summed E-state index contributed by atoms with van der Waals surface area (Å²) in [5.74, 6) is -3.62. The summed E-state index contributed by atoms with van der Waals surface area (Å²) in [6.07, 6.45) is 0.909. The first-order valence-electron chi connectivity index (χ1n) is 15.9. The number of hydrogen-bond acceptors (Lipinski definition) is 10. The van der Waals surface area contributed by atoms with Gasteiger partial charge in [-0.1, -0.05) is 25.1 Å². The molecule has 12 nitrogen and oxygen atoms in total. The molecule has 1 amide bonds. The molecule has 3 aromatic carbocycles. The van der Waals surface area contributed by atoms with Gasteiger partial charge in [-0.25, -0.2) is 22.9 Å². The van der Waals surface area contributed by atoms with E-state index in [9.17, 15) is 23.5 Å². The monoisotopic (exact) mass is 805 g/mol. The van der Waals surface area contributed by atoms with Crippen LogP contribution >= 0.6 is 23.7 Å². The van der Waals surface area contributed by atoms with E-state index in [1.54, 1.807) is 50.5 Å². The van der Waals surface area contributed by atoms with E-state index in [0.29, 0.717) is 21.8 Å². The molecular formula is C36H36Cl2F3N7O5S. The lowest BCUT2D eigenvalue weighted by atomic mass is 9.82. The van der Waals surface area contributed by atoms with E-state index in [4.69, 9.17) is 14.7 Å². The van der Waals surface area contributed by atoms with Gasteiger partial charge in [-0.3, -0.25) is 9.69 Å². The Labute approximate surface area is 325 Å². The number of thiazole rings is 1. The first kappa shape index (κ1) is 43.4. The summed E-state index contributed by atoms with van der Waals surface area (Å²) in [4.78, 5) is 30.8. The molecule has 54 heavy (non-hydrogen) atoms. The number of carbonyl (C=O) groups excluding carboxylic acids is 2. The van der Waals surface area contributed by atoms with Crippen LogP contribution in [-0.4, -0.2) is 52.6 Å². The molecule has 2 heterocycles. The van der Waals surface area contributed by atoms with Gasteiger partial charge in [-0.05, 0) is 49.5 Å². The molecule has 0 aliphatic rings. The summed E-state index contributed by atoms with van der Waals surface area (Å²) in [5, 5.41) is 30.5. The van der Waals surface area contributed by atoms with Crippen molar-refractivity contribution in [1.82, 2.24) is 20.1 Å². The van der Waals surface area contributed by atoms with Crippen LogP contribution in [0.1, 0.15) is 47.7 Å². The van der Waals surface area contributed by atoms with Crippen LogP contribution in [-0.2, 0) is 33.0 Å². The van der Waals surface area contributed by atoms with Crippen molar-refractivity contribution in [2.45, 2.75) is 44.7 Å². The van der Waals surface area contributed by atoms with Crippen LogP contribution in [0.2, 0.25) is 0 Å². The number of nitrogens with zero attached hydrogens (tertiary/aromatic N) is 6. The van der Waals surface area contributed by atoms with Crippen LogP contribution in [0.15, 0.2) is 78.7 Å². The Balaban J connectivity index is 0.00000392. The third-order valence-electron chi connectivity index (χ3n) is 8.40. The fourth-order valence-electron chi connectivity index (χ4n) is 5.39. The van der Waals surface area contributed by atoms with E-state index in [-0.39, 0.29) is 55.8 Å². The van der Waals surface area contributed by atoms with Gasteiger partial charge in [0.2, 0.25) is 12.6 Å². The Morgan fingerprint density at radius 1 is 1.11 bits per heavy atom. The smallest absolute Gasteiger partial charge is 0.416 e. The average Bonchev–Trinajstić information content (AvgIpc) is 3.82. The second-order valence-corrected chi connectivity index (χ2v) is 12.8. The van der Waals surface area contributed by atoms with Crippen LogP contribution in [0.5, 0.6) is 0 Å². The molecule has 3 atom stereocenters. The summed E-state index contributed by atoms with van der Waals surface area (Å²) in [6.45, 7) is 2.59. The first-order chi connectivity index (χ1) is 24.8. The normalized spacial score (nSPS) is 12.9. The van der Waals surface area contributed by atoms with Crippen LogP contribution in [0.3, 0.4) is 0 Å². The highest BCUT2D eigenvalue weighted by Crippen LogP contribution is 2.41. The summed E-state index contributed by atoms with van der Waals surface area (Å²) >= 11 is 1.23. The Bertz CT molecular complexity index is 2110. The van der Waals surface area contributed by atoms with Crippen molar-refractivity contribution in [3.63, 3.8) is 0 Å². The number of aromatic nitrogens is 4. The maximum atomic E-state index is 15.3. The molecule has 2 aromatic heterocycles. The number of hydrogen-bond donors (Lipinski definition) is 2. The Hall–Kier alpha value is -5.05. The molecule has 2 N–H and O–H groups in total. The number of anilines is 1. The highest BCUT2D eigenvalue weighted by atomic mass is 35.5. The van der Waals surface area contributed by atoms with Gasteiger partial charge in [0.15, 0.2) is 0 Å². The highest BCUT2D eigenvalue weighted by Gasteiger charge is 2.43. The van der Waals surface area contributed by atoms with Crippen molar-refractivity contribution >= 4 is 41.5 Å². The van der Waals surface area contributed by atoms with Gasteiger partial charge in [0.05, 0.1) is 34.6 Å². The number of carbonyl (C=O) groups is 2. The van der Waals surface area contributed by atoms with E-state index < -0.39 is 47.3 Å². The second kappa shape index (κ2) is 18.8. The minimum atomic E-state index is -2.07. The second-order valence-electron chi connectivity index (χ2n) is 11.9. The van der Waals surface area contributed by atoms with Crippen molar-refractivity contribution in [1.29, 1.82) is 5.26 Å². The zero-order valence-corrected chi connectivity index (χ0v) is 31.8. The molecule has 0 spiro atoms. The molecule has 0 saturated heterocycles. The Morgan fingerprint density at radius 2 is 1.80 bits per heavy atom. The largest absolute Gasteiger partial charge is 1.00 e. The standard InChI is InChI=1S/C36H35F3N7O5S.2ClH/c1-22(34-43-31(18-52-34)25-7-5-24(15-40)6-8-25)36(49,29-13-27(37)11-12-30(29)39)19-46-21-45(20-42-46)23(2)51-35(48)44(4)32-14-28(38)10-9-26(32)17-50-33(47)16-41-3;;/h5-14,18,20-23,41,49H,16-17,19H2,1-4H3;2*1H/q+1;;/p-1. The number of aliphatic hydroxyl groups is 1. The van der Waals surface area contributed by atoms with Crippen molar-refractivity contribution in [2.24, 2.45) is 0 Å². The van der Waals surface area contributed by atoms with Crippen LogP contribution in [0.4, 0.5) is 23.7 Å². The number of benzene rings is 3. The van der Waals surface area contributed by atoms with E-state index in [2.05, 4.69) is 21.5 Å². The van der Waals surface area contributed by atoms with Crippen molar-refractivity contribution < 1.29 is 54.3 Å². The lowest BCUT2D eigenvalue weighted by Crippen LogP contribution is -3.00. The molecule has 18 heteroatoms. The van der Waals surface area contributed by atoms with Crippen molar-refractivity contribution in [3.8, 4) is 17.3 Å². The third kappa shape index (κ3) is 9.92. The maximum absolute atomic E-state index is 15.3. The number of esters is 1. The number of likely N-dealkylation sites (N-methyl/N-ethyl adjacent to an activating group) is 1. The summed E-state index contributed by atoms with van der Waals surface area (Å²) in [7, 11) is 2.96. The Kier molecular flexibility index (Phi) is 15.1. The molecule has 5 rings (SSSR count). The predicted octanol–water partition coefficient (Wildman–Crippen LogP) is 2.75. The first-order valence-corrected chi connectivity index (χ1v) is 16.8. The molecular weight excluding hydrogens is 770 g/mol. The number of ether oxygens (including phenoxy) is 2. The van der Waals surface area contributed by atoms with Crippen LogP contribution < -0.4 is 27.2 Å². The number of rotatable bonds is 13. The fourth-order valence-corrected chi connectivity index (χ4v) is 6.36. The van der Waals surface area contributed by atoms with Gasteiger partial charge >= 0.3 is 12.1 Å². The molecule has 3 unspecified atom stereocenters. The fraction of sp³-hybridized carbons (Fsp3) is 0.278. The minimum absolute atomic E-state index is 0. The zero-order chi connectivity index (χ0) is 37.6. The van der Waals surface area contributed by atoms with Gasteiger partial charge in [0.25, 0.3) is 6.33 Å². The number of halogens is 5. The molecule has 0 fully saturated rings.